The molecule has 0 saturated carbocycles. The zero-order valence-electron chi connectivity index (χ0n) is 11.0. The van der Waals surface area contributed by atoms with E-state index >= 15 is 0 Å². The molecule has 0 aliphatic rings. The van der Waals surface area contributed by atoms with Gasteiger partial charge in [0.25, 0.3) is 0 Å². The minimum absolute atomic E-state index is 0.756. The molecule has 1 aromatic rings. The molecule has 1 rings (SSSR count). The van der Waals surface area contributed by atoms with E-state index in [0.29, 0.717) is 0 Å². The molecular formula is C14H24OSi. The Labute approximate surface area is 101 Å². The maximum Gasteiger partial charge on any atom is 0.0775 e. The predicted octanol–water partition coefficient (Wildman–Crippen LogP) is 3.55. The molecule has 2 heteroatoms. The molecule has 0 heterocycles. The summed E-state index contributed by atoms with van der Waals surface area (Å²) < 4.78 is 5.60. The maximum atomic E-state index is 5.60. The molecule has 0 aromatic heterocycles. The van der Waals surface area contributed by atoms with E-state index in [1.54, 1.807) is 0 Å². The number of hydrogen-bond donors (Lipinski definition) is 0. The zero-order valence-corrected chi connectivity index (χ0v) is 12.0. The fourth-order valence-corrected chi connectivity index (χ4v) is 2.70. The maximum absolute atomic E-state index is 5.60. The highest BCUT2D eigenvalue weighted by Crippen LogP contribution is 2.06. The molecule has 16 heavy (non-hydrogen) atoms. The van der Waals surface area contributed by atoms with Crippen molar-refractivity contribution in [3.63, 3.8) is 0 Å². The van der Waals surface area contributed by atoms with Crippen molar-refractivity contribution in [2.45, 2.75) is 46.0 Å². The summed E-state index contributed by atoms with van der Waals surface area (Å²) in [7, 11) is -1.14. The number of ether oxygens (including phenoxy) is 1. The van der Waals surface area contributed by atoms with Gasteiger partial charge in [-0.3, -0.25) is 0 Å². The third-order valence-electron chi connectivity index (χ3n) is 2.73. The second-order valence-electron chi connectivity index (χ2n) is 5.35. The summed E-state index contributed by atoms with van der Waals surface area (Å²) in [5.41, 5.74) is 1.29. The molecule has 0 aliphatic carbocycles. The molecule has 0 bridgehead atoms. The van der Waals surface area contributed by atoms with Crippen LogP contribution in [0.15, 0.2) is 24.3 Å². The molecular weight excluding hydrogens is 212 g/mol. The van der Waals surface area contributed by atoms with Crippen LogP contribution in [0.3, 0.4) is 0 Å². The molecule has 0 N–H and O–H groups in total. The highest BCUT2D eigenvalue weighted by atomic mass is 28.3. The predicted molar refractivity (Wildman–Crippen MR) is 74.0 cm³/mol. The Morgan fingerprint density at radius 3 is 2.19 bits per heavy atom. The van der Waals surface area contributed by atoms with Gasteiger partial charge in [-0.1, -0.05) is 62.4 Å². The number of rotatable bonds is 6. The van der Waals surface area contributed by atoms with Gasteiger partial charge in [-0.15, -0.1) is 0 Å². The Morgan fingerprint density at radius 2 is 1.69 bits per heavy atom. The van der Waals surface area contributed by atoms with Crippen LogP contribution in [-0.4, -0.2) is 14.7 Å². The van der Waals surface area contributed by atoms with Gasteiger partial charge < -0.3 is 4.74 Å². The van der Waals surface area contributed by atoms with Gasteiger partial charge >= 0.3 is 0 Å². The van der Waals surface area contributed by atoms with Crippen LogP contribution in [0.1, 0.15) is 25.3 Å². The number of benzene rings is 1. The summed E-state index contributed by atoms with van der Waals surface area (Å²) in [6, 6.07) is 8.95. The van der Waals surface area contributed by atoms with Crippen molar-refractivity contribution >= 4 is 13.3 Å². The Kier molecular flexibility index (Phi) is 5.23. The normalized spacial score (nSPS) is 11.8. The first kappa shape index (κ1) is 13.5. The van der Waals surface area contributed by atoms with Gasteiger partial charge in [0.2, 0.25) is 0 Å². The molecule has 0 atom stereocenters. The van der Waals surface area contributed by atoms with Crippen LogP contribution in [0.25, 0.3) is 0 Å². The highest BCUT2D eigenvalue weighted by Gasteiger charge is 2.15. The lowest BCUT2D eigenvalue weighted by Crippen LogP contribution is -2.37. The summed E-state index contributed by atoms with van der Waals surface area (Å²) in [6.07, 6.45) is 2.36. The van der Waals surface area contributed by atoms with E-state index in [2.05, 4.69) is 50.8 Å². The van der Waals surface area contributed by atoms with Crippen LogP contribution < -0.4 is 5.19 Å². The Bertz CT molecular complexity index is 298. The second kappa shape index (κ2) is 6.21. The van der Waals surface area contributed by atoms with Gasteiger partial charge in [-0.25, -0.2) is 0 Å². The minimum Gasteiger partial charge on any atom is -0.377 e. The summed E-state index contributed by atoms with van der Waals surface area (Å²) in [6.45, 7) is 10.9. The number of hydrogen-bond acceptors (Lipinski definition) is 1. The first-order valence-electron chi connectivity index (χ1n) is 6.21. The fourth-order valence-electron chi connectivity index (χ4n) is 1.54. The lowest BCUT2D eigenvalue weighted by molar-refractivity contribution is 0.118. The van der Waals surface area contributed by atoms with Crippen LogP contribution in [0.4, 0.5) is 0 Å². The summed E-state index contributed by atoms with van der Waals surface area (Å²) in [4.78, 5) is 0. The van der Waals surface area contributed by atoms with Crippen molar-refractivity contribution < 1.29 is 4.74 Å². The average Bonchev–Trinajstić information content (AvgIpc) is 2.24. The summed E-state index contributed by atoms with van der Waals surface area (Å²) >= 11 is 0. The Balaban J connectivity index is 2.46. The molecule has 0 aliphatic heterocycles. The lowest BCUT2D eigenvalue weighted by Gasteiger charge is -2.16. The third-order valence-corrected chi connectivity index (χ3v) is 4.80. The average molecular weight is 236 g/mol. The van der Waals surface area contributed by atoms with Crippen molar-refractivity contribution in [3.05, 3.63) is 29.8 Å². The SMILES string of the molecule is CCCCOCc1ccc([Si](C)(C)C)cc1. The van der Waals surface area contributed by atoms with E-state index in [-0.39, 0.29) is 0 Å². The largest absolute Gasteiger partial charge is 0.377 e. The number of unbranched alkanes of at least 4 members (excludes halogenated alkanes) is 1. The van der Waals surface area contributed by atoms with Crippen LogP contribution in [0.2, 0.25) is 19.6 Å². The first-order chi connectivity index (χ1) is 7.54. The fraction of sp³-hybridized carbons (Fsp3) is 0.571. The Morgan fingerprint density at radius 1 is 1.06 bits per heavy atom. The molecule has 0 radical (unpaired) electrons. The van der Waals surface area contributed by atoms with Crippen molar-refractivity contribution in [3.8, 4) is 0 Å². The van der Waals surface area contributed by atoms with E-state index in [9.17, 15) is 0 Å². The topological polar surface area (TPSA) is 9.23 Å². The second-order valence-corrected chi connectivity index (χ2v) is 10.4. The van der Waals surface area contributed by atoms with Crippen molar-refractivity contribution in [1.29, 1.82) is 0 Å². The molecule has 0 amide bonds. The monoisotopic (exact) mass is 236 g/mol. The van der Waals surface area contributed by atoms with Crippen molar-refractivity contribution in [2.24, 2.45) is 0 Å². The van der Waals surface area contributed by atoms with Crippen LogP contribution in [0.5, 0.6) is 0 Å². The smallest absolute Gasteiger partial charge is 0.0775 e. The first-order valence-corrected chi connectivity index (χ1v) is 9.71. The standard InChI is InChI=1S/C14H24OSi/c1-5-6-11-15-12-13-7-9-14(10-8-13)16(2,3)4/h7-10H,5-6,11-12H2,1-4H3. The quantitative estimate of drug-likeness (QED) is 0.542. The molecule has 1 nitrogen and oxygen atoms in total. The van der Waals surface area contributed by atoms with Gasteiger partial charge in [0, 0.05) is 6.61 Å². The van der Waals surface area contributed by atoms with Gasteiger partial charge in [-0.2, -0.15) is 0 Å². The van der Waals surface area contributed by atoms with Gasteiger partial charge in [-0.05, 0) is 12.0 Å². The summed E-state index contributed by atoms with van der Waals surface area (Å²) in [5.74, 6) is 0. The van der Waals surface area contributed by atoms with Gasteiger partial charge in [0.15, 0.2) is 0 Å². The van der Waals surface area contributed by atoms with E-state index in [4.69, 9.17) is 4.74 Å². The van der Waals surface area contributed by atoms with E-state index < -0.39 is 8.07 Å². The molecule has 90 valence electrons. The van der Waals surface area contributed by atoms with Crippen molar-refractivity contribution in [1.82, 2.24) is 0 Å². The molecule has 0 spiro atoms. The summed E-state index contributed by atoms with van der Waals surface area (Å²) in [5, 5.41) is 1.52. The van der Waals surface area contributed by atoms with E-state index in [1.807, 2.05) is 0 Å². The van der Waals surface area contributed by atoms with Gasteiger partial charge in [0.1, 0.15) is 0 Å². The van der Waals surface area contributed by atoms with E-state index in [1.165, 1.54) is 17.2 Å². The van der Waals surface area contributed by atoms with E-state index in [0.717, 1.165) is 19.6 Å². The van der Waals surface area contributed by atoms with Crippen molar-refractivity contribution in [2.75, 3.05) is 6.61 Å². The van der Waals surface area contributed by atoms with Crippen LogP contribution in [0, 0.1) is 0 Å². The zero-order chi connectivity index (χ0) is 12.0. The molecule has 1 aromatic carbocycles. The molecule has 0 fully saturated rings. The lowest BCUT2D eigenvalue weighted by atomic mass is 10.2. The highest BCUT2D eigenvalue weighted by molar-refractivity contribution is 6.88. The van der Waals surface area contributed by atoms with Gasteiger partial charge in [0.05, 0.1) is 14.7 Å². The molecule has 0 unspecified atom stereocenters. The third kappa shape index (κ3) is 4.50. The van der Waals surface area contributed by atoms with Crippen LogP contribution >= 0.6 is 0 Å². The van der Waals surface area contributed by atoms with Crippen LogP contribution in [-0.2, 0) is 11.3 Å². The minimum atomic E-state index is -1.14. The molecule has 0 saturated heterocycles. The Hall–Kier alpha value is -0.603.